The average Bonchev–Trinajstić information content (AvgIpc) is 1.01. The number of benzene rings is 8. The first-order valence-electron chi connectivity index (χ1n) is 30.5. The Morgan fingerprint density at radius 3 is 1.00 bits per heavy atom. The number of hydrogen-bond acceptors (Lipinski definition) is 11. The third kappa shape index (κ3) is 20.6. The summed E-state index contributed by atoms with van der Waals surface area (Å²) in [6.45, 7) is 0. The van der Waals surface area contributed by atoms with Gasteiger partial charge in [0.25, 0.3) is 0 Å². The number of halogens is 1. The van der Waals surface area contributed by atoms with E-state index in [-0.39, 0.29) is 74.9 Å². The number of para-hydroxylation sites is 8. The number of nitrogens with zero attached hydrogens (tertiary/aromatic N) is 7. The molecule has 0 atom stereocenters. The average molecular weight is 1700 g/mol. The molecule has 0 spiro atoms. The standard InChI is InChI=1S/C23H19N3O2SSe.C17H13NOSe.C16H13NSe.C12H11N.C6H8N2O2S.C4H3ISe/c1-24-21(27)19(22(28)25(2)23(24)29)15-18-13-14-20(30-18)26(16-9-5-3-6-10-16)17-11-7-4-8-12-17;19-13-16-11-12-17(20-16)18(14-7-3-1-4-8-14)15-9-5-2-6-10-15;1-3-8-14(9-4-1)17(16-12-7-13-18-16)15-10-5-2-6-11-15;1-3-7-11(8-4-1)13-12-9-5-2-6-10-12;1-7-4(9)3-5(10)8(2)6(7)11;5-4-2-1-3-6-4/h3-15H,1-2H3;1-13H;1-13H;1-10,13H;3H2,1-2H3;1-3H. The molecule has 12 aromatic rings. The van der Waals surface area contributed by atoms with Crippen LogP contribution in [0.4, 0.5) is 59.2 Å². The van der Waals surface area contributed by atoms with Crippen molar-refractivity contribution in [3.63, 3.8) is 0 Å². The van der Waals surface area contributed by atoms with E-state index in [1.807, 2.05) is 152 Å². The van der Waals surface area contributed by atoms with Gasteiger partial charge in [0.15, 0.2) is 5.11 Å². The molecule has 8 aromatic carbocycles. The number of amides is 4. The first-order chi connectivity index (χ1) is 47.7. The minimum atomic E-state index is -0.365. The molecule has 2 aliphatic rings. The largest absolute Gasteiger partial charge is 0.356 e. The van der Waals surface area contributed by atoms with Gasteiger partial charge in [0.05, 0.1) is 0 Å². The van der Waals surface area contributed by atoms with E-state index in [1.54, 1.807) is 34.3 Å². The second kappa shape index (κ2) is 37.8. The van der Waals surface area contributed by atoms with Crippen molar-refractivity contribution >= 4 is 210 Å². The Hall–Kier alpha value is -8.84. The van der Waals surface area contributed by atoms with Gasteiger partial charge in [0, 0.05) is 25.5 Å². The van der Waals surface area contributed by atoms with Gasteiger partial charge in [-0.1, -0.05) is 36.4 Å². The molecule has 6 heterocycles. The fourth-order valence-corrected chi connectivity index (χ4v) is 17.3. The number of carbonyl (C=O) groups is 5. The van der Waals surface area contributed by atoms with Crippen LogP contribution in [0.2, 0.25) is 0 Å². The molecule has 0 unspecified atom stereocenters. The fourth-order valence-electron chi connectivity index (χ4n) is 9.53. The number of anilines is 11. The van der Waals surface area contributed by atoms with E-state index in [4.69, 9.17) is 24.4 Å². The SMILES string of the molecule is CN1C(=O)C(=Cc2ccc(N(c3ccccc3)c3ccccc3)[se]2)C(=O)N(C)C1=S.CN1C(=O)CC(=O)N(C)C1=S.Ic1ccc[se]1.O=Cc1ccc(N(c2ccccc2)c2ccccc2)[se]1.c1ccc(N(c2ccccc2)c2ccc[se]2)cc1.c1ccc(Nc2ccccc2)cc1. The third-order valence-corrected chi connectivity index (χ3v) is 24.6. The zero-order valence-electron chi connectivity index (χ0n) is 53.7. The van der Waals surface area contributed by atoms with Crippen molar-refractivity contribution < 1.29 is 24.0 Å². The Morgan fingerprint density at radius 2 is 0.694 bits per heavy atom. The van der Waals surface area contributed by atoms with Gasteiger partial charge in [-0.25, -0.2) is 0 Å². The summed E-state index contributed by atoms with van der Waals surface area (Å²) in [7, 11) is 6.30. The summed E-state index contributed by atoms with van der Waals surface area (Å²) in [5.74, 6) is -1.20. The number of carbonyl (C=O) groups excluding carboxylic acids is 5. The second-order valence-corrected chi connectivity index (χ2v) is 33.2. The number of nitrogens with one attached hydrogen (secondary N) is 1. The molecule has 0 radical (unpaired) electrons. The van der Waals surface area contributed by atoms with E-state index in [0.29, 0.717) is 29.0 Å². The summed E-state index contributed by atoms with van der Waals surface area (Å²) in [5.41, 5.74) is 9.19. The number of thiocarbonyl (C=S) groups is 2. The predicted octanol–water partition coefficient (Wildman–Crippen LogP) is 16.4. The molecule has 1 N–H and O–H groups in total. The van der Waals surface area contributed by atoms with Crippen molar-refractivity contribution in [2.24, 2.45) is 0 Å². The molecule has 0 saturated carbocycles. The van der Waals surface area contributed by atoms with Gasteiger partial charge in [-0.05, 0) is 36.5 Å². The van der Waals surface area contributed by atoms with Gasteiger partial charge >= 0.3 is 480 Å². The molecule has 0 aliphatic carbocycles. The van der Waals surface area contributed by atoms with Crippen LogP contribution >= 0.6 is 47.0 Å². The maximum absolute atomic E-state index is 12.6. The Kier molecular flexibility index (Phi) is 28.3. The van der Waals surface area contributed by atoms with Crippen LogP contribution in [0.15, 0.2) is 307 Å². The second-order valence-electron chi connectivity index (χ2n) is 21.1. The van der Waals surface area contributed by atoms with Crippen LogP contribution in [0.5, 0.6) is 0 Å². The number of aldehydes is 1. The first kappa shape index (κ1) is 73.4. The van der Waals surface area contributed by atoms with Gasteiger partial charge in [-0.2, -0.15) is 0 Å². The van der Waals surface area contributed by atoms with Gasteiger partial charge in [-0.15, -0.1) is 0 Å². The fraction of sp³-hybridized carbons (Fsp3) is 0.0641. The van der Waals surface area contributed by atoms with E-state index in [1.165, 1.54) is 42.5 Å². The van der Waals surface area contributed by atoms with Crippen LogP contribution < -0.4 is 20.0 Å². The summed E-state index contributed by atoms with van der Waals surface area (Å²) in [5, 5.41) is 3.79. The minimum Gasteiger partial charge on any atom is -0.356 e. The maximum Gasteiger partial charge on any atom is 0.0384 e. The summed E-state index contributed by atoms with van der Waals surface area (Å²) in [4.78, 5) is 74.6. The van der Waals surface area contributed by atoms with Crippen LogP contribution in [-0.4, -0.2) is 146 Å². The molecule has 0 bridgehead atoms. The molecular formula is C78H67IN8O5S2Se4. The Balaban J connectivity index is 0.000000146. The van der Waals surface area contributed by atoms with Crippen molar-refractivity contribution in [3.8, 4) is 0 Å². The van der Waals surface area contributed by atoms with E-state index in [9.17, 15) is 24.0 Å². The molecule has 13 nitrogen and oxygen atoms in total. The van der Waals surface area contributed by atoms with Crippen LogP contribution in [0.3, 0.4) is 0 Å². The molecule has 4 amide bonds. The van der Waals surface area contributed by atoms with Gasteiger partial charge in [-0.3, -0.25) is 19.4 Å². The molecule has 2 fully saturated rings. The van der Waals surface area contributed by atoms with Crippen molar-refractivity contribution in [3.05, 3.63) is 318 Å². The molecule has 2 aliphatic heterocycles. The quantitative estimate of drug-likeness (QED) is 0.0226. The zero-order chi connectivity index (χ0) is 69.2. The molecule has 14 rings (SSSR count). The normalized spacial score (nSPS) is 12.4. The zero-order valence-corrected chi connectivity index (χ0v) is 64.4. The number of likely N-dealkylation sites (N-methyl/N-ethyl adjacent to an activating group) is 2. The van der Waals surface area contributed by atoms with E-state index < -0.39 is 0 Å². The van der Waals surface area contributed by atoms with Crippen LogP contribution in [-0.2, 0) is 19.2 Å². The Morgan fingerprint density at radius 1 is 0.378 bits per heavy atom. The van der Waals surface area contributed by atoms with Crippen LogP contribution in [0.1, 0.15) is 20.1 Å². The predicted molar refractivity (Wildman–Crippen MR) is 421 cm³/mol. The van der Waals surface area contributed by atoms with Gasteiger partial charge in [0.1, 0.15) is 6.42 Å². The number of hydrogen-bond donors (Lipinski definition) is 1. The van der Waals surface area contributed by atoms with E-state index >= 15 is 0 Å². The Bertz CT molecular complexity index is 4320. The van der Waals surface area contributed by atoms with Crippen molar-refractivity contribution in [2.45, 2.75) is 6.42 Å². The smallest absolute Gasteiger partial charge is 0.0384 e. The van der Waals surface area contributed by atoms with Crippen molar-refractivity contribution in [1.82, 2.24) is 19.6 Å². The third-order valence-electron chi connectivity index (χ3n) is 14.5. The van der Waals surface area contributed by atoms with Crippen molar-refractivity contribution in [1.29, 1.82) is 0 Å². The monoisotopic (exact) mass is 1710 g/mol. The van der Waals surface area contributed by atoms with E-state index in [2.05, 4.69) is 192 Å². The summed E-state index contributed by atoms with van der Waals surface area (Å²) in [6.07, 6.45) is 2.59. The molecule has 20 heteroatoms. The van der Waals surface area contributed by atoms with Crippen LogP contribution in [0.25, 0.3) is 6.08 Å². The summed E-state index contributed by atoms with van der Waals surface area (Å²) >= 11 is 13.4. The molecule has 2 saturated heterocycles. The van der Waals surface area contributed by atoms with E-state index in [0.717, 1.165) is 53.8 Å². The molecular weight excluding hydrogens is 1640 g/mol. The van der Waals surface area contributed by atoms with Gasteiger partial charge < -0.3 is 5.32 Å². The Labute approximate surface area is 620 Å². The van der Waals surface area contributed by atoms with Gasteiger partial charge in [0.2, 0.25) is 11.8 Å². The van der Waals surface area contributed by atoms with Crippen molar-refractivity contribution in [2.75, 3.05) is 48.2 Å². The summed E-state index contributed by atoms with van der Waals surface area (Å²) in [6, 6.07) is 98.8. The number of rotatable bonds is 13. The first-order valence-corrected chi connectivity index (χ1v) is 39.5. The minimum absolute atomic E-state index is 0.0629. The van der Waals surface area contributed by atoms with Crippen LogP contribution in [0, 0.1) is 2.44 Å². The topological polar surface area (TPSA) is 120 Å². The summed E-state index contributed by atoms with van der Waals surface area (Å²) < 4.78 is 7.02. The molecule has 4 aromatic heterocycles. The molecule has 492 valence electrons. The molecule has 98 heavy (non-hydrogen) atoms. The maximum atomic E-state index is 12.6.